The van der Waals surface area contributed by atoms with Crippen LogP contribution in [0.3, 0.4) is 0 Å². The summed E-state index contributed by atoms with van der Waals surface area (Å²) in [7, 11) is -3.56. The van der Waals surface area contributed by atoms with Crippen molar-refractivity contribution in [2.24, 2.45) is 0 Å². The molecule has 2 heterocycles. The second kappa shape index (κ2) is 8.61. The van der Waals surface area contributed by atoms with Gasteiger partial charge >= 0.3 is 0 Å². The molecule has 158 valence electrons. The topological polar surface area (TPSA) is 50.3 Å². The van der Waals surface area contributed by atoms with Crippen molar-refractivity contribution in [2.45, 2.75) is 29.4 Å². The maximum absolute atomic E-state index is 13.4. The minimum absolute atomic E-state index is 0.0374. The van der Waals surface area contributed by atoms with Crippen molar-refractivity contribution in [1.29, 1.82) is 0 Å². The average molecular weight is 469 g/mol. The third-order valence-corrected chi connectivity index (χ3v) is 8.68. The van der Waals surface area contributed by atoms with Gasteiger partial charge in [-0.25, -0.2) is 22.2 Å². The molecule has 0 bridgehead atoms. The van der Waals surface area contributed by atoms with Crippen molar-refractivity contribution in [3.05, 3.63) is 75.8 Å². The summed E-state index contributed by atoms with van der Waals surface area (Å²) >= 11 is 7.34. The highest BCUT2D eigenvalue weighted by Gasteiger charge is 2.32. The lowest BCUT2D eigenvalue weighted by Gasteiger charge is -2.31. The third kappa shape index (κ3) is 4.50. The standard InChI is InChI=1S/C21H19ClF2N2O2S2/c22-19-11-14(4-5-20(19)24)10-16-13-29-21(25-16)26-8-6-17(7-9-26)30(27,28)18-3-1-2-15(23)12-18/h1-5,11-13,17H,6-10H2. The summed E-state index contributed by atoms with van der Waals surface area (Å²) in [6.07, 6.45) is 1.46. The molecule has 0 spiro atoms. The zero-order valence-corrected chi connectivity index (χ0v) is 18.3. The number of thiazole rings is 1. The largest absolute Gasteiger partial charge is 0.348 e. The molecule has 0 unspecified atom stereocenters. The van der Waals surface area contributed by atoms with Gasteiger partial charge < -0.3 is 4.90 Å². The van der Waals surface area contributed by atoms with Gasteiger partial charge in [0.25, 0.3) is 0 Å². The van der Waals surface area contributed by atoms with Gasteiger partial charge in [0.05, 0.1) is 20.9 Å². The molecule has 2 aromatic carbocycles. The Kier molecular flexibility index (Phi) is 6.09. The highest BCUT2D eigenvalue weighted by molar-refractivity contribution is 7.92. The number of aromatic nitrogens is 1. The Morgan fingerprint density at radius 2 is 1.90 bits per heavy atom. The number of rotatable bonds is 5. The first-order valence-electron chi connectivity index (χ1n) is 9.45. The summed E-state index contributed by atoms with van der Waals surface area (Å²) in [5.41, 5.74) is 1.73. The molecule has 3 aromatic rings. The minimum Gasteiger partial charge on any atom is -0.348 e. The average Bonchev–Trinajstić information content (AvgIpc) is 3.19. The van der Waals surface area contributed by atoms with Crippen molar-refractivity contribution in [3.8, 4) is 0 Å². The summed E-state index contributed by atoms with van der Waals surface area (Å²) in [6.45, 7) is 1.13. The number of benzene rings is 2. The quantitative estimate of drug-likeness (QED) is 0.522. The van der Waals surface area contributed by atoms with E-state index in [9.17, 15) is 17.2 Å². The van der Waals surface area contributed by atoms with Crippen molar-refractivity contribution in [3.63, 3.8) is 0 Å². The van der Waals surface area contributed by atoms with Crippen LogP contribution in [0.5, 0.6) is 0 Å². The van der Waals surface area contributed by atoms with E-state index in [-0.39, 0.29) is 9.92 Å². The zero-order chi connectivity index (χ0) is 21.3. The monoisotopic (exact) mass is 468 g/mol. The first-order chi connectivity index (χ1) is 14.3. The molecule has 1 aliphatic rings. The lowest BCUT2D eigenvalue weighted by Crippen LogP contribution is -2.39. The first-order valence-corrected chi connectivity index (χ1v) is 12.3. The van der Waals surface area contributed by atoms with Gasteiger partial charge in [0.1, 0.15) is 11.6 Å². The van der Waals surface area contributed by atoms with E-state index in [2.05, 4.69) is 9.88 Å². The van der Waals surface area contributed by atoms with Crippen molar-refractivity contribution in [1.82, 2.24) is 4.98 Å². The van der Waals surface area contributed by atoms with Crippen LogP contribution in [0.25, 0.3) is 0 Å². The molecule has 1 aromatic heterocycles. The zero-order valence-electron chi connectivity index (χ0n) is 15.9. The predicted molar refractivity (Wildman–Crippen MR) is 115 cm³/mol. The molecule has 4 nitrogen and oxygen atoms in total. The van der Waals surface area contributed by atoms with Crippen LogP contribution < -0.4 is 4.90 Å². The van der Waals surface area contributed by atoms with Crippen molar-refractivity contribution in [2.75, 3.05) is 18.0 Å². The van der Waals surface area contributed by atoms with Crippen LogP contribution in [0, 0.1) is 11.6 Å². The minimum atomic E-state index is -3.56. The van der Waals surface area contributed by atoms with Crippen LogP contribution in [0.2, 0.25) is 5.02 Å². The van der Waals surface area contributed by atoms with Gasteiger partial charge in [-0.15, -0.1) is 11.3 Å². The molecular formula is C21H19ClF2N2O2S2. The van der Waals surface area contributed by atoms with Crippen LogP contribution in [0.15, 0.2) is 52.7 Å². The number of nitrogens with zero attached hydrogens (tertiary/aromatic N) is 2. The third-order valence-electron chi connectivity index (χ3n) is 5.18. The molecule has 0 atom stereocenters. The van der Waals surface area contributed by atoms with E-state index in [4.69, 9.17) is 11.6 Å². The summed E-state index contributed by atoms with van der Waals surface area (Å²) < 4.78 is 52.4. The fourth-order valence-corrected chi connectivity index (χ4v) is 6.42. The highest BCUT2D eigenvalue weighted by atomic mass is 35.5. The Labute approximate surface area is 183 Å². The lowest BCUT2D eigenvalue weighted by molar-refractivity contribution is 0.528. The van der Waals surface area contributed by atoms with E-state index >= 15 is 0 Å². The van der Waals surface area contributed by atoms with Gasteiger partial charge in [-0.3, -0.25) is 0 Å². The molecule has 0 aliphatic carbocycles. The number of hydrogen-bond acceptors (Lipinski definition) is 5. The Morgan fingerprint density at radius 1 is 1.13 bits per heavy atom. The molecule has 0 radical (unpaired) electrons. The van der Waals surface area contributed by atoms with Crippen LogP contribution in [-0.4, -0.2) is 31.7 Å². The van der Waals surface area contributed by atoms with E-state index in [1.54, 1.807) is 12.1 Å². The van der Waals surface area contributed by atoms with Gasteiger partial charge in [-0.05, 0) is 48.7 Å². The van der Waals surface area contributed by atoms with Gasteiger partial charge in [0.2, 0.25) is 0 Å². The van der Waals surface area contributed by atoms with E-state index in [1.807, 2.05) is 5.38 Å². The predicted octanol–water partition coefficient (Wildman–Crippen LogP) is 5.11. The Hall–Kier alpha value is -2.03. The van der Waals surface area contributed by atoms with Gasteiger partial charge in [0, 0.05) is 24.9 Å². The lowest BCUT2D eigenvalue weighted by atomic mass is 10.1. The summed E-state index contributed by atoms with van der Waals surface area (Å²) in [5, 5.41) is 2.34. The van der Waals surface area contributed by atoms with Crippen LogP contribution in [0.4, 0.5) is 13.9 Å². The van der Waals surface area contributed by atoms with Gasteiger partial charge in [-0.2, -0.15) is 0 Å². The number of anilines is 1. The Bertz CT molecular complexity index is 1160. The van der Waals surface area contributed by atoms with E-state index in [0.717, 1.165) is 22.5 Å². The van der Waals surface area contributed by atoms with Gasteiger partial charge in [0.15, 0.2) is 15.0 Å². The molecular weight excluding hydrogens is 450 g/mol. The number of sulfone groups is 1. The van der Waals surface area contributed by atoms with Gasteiger partial charge in [-0.1, -0.05) is 23.7 Å². The maximum Gasteiger partial charge on any atom is 0.185 e. The molecule has 9 heteroatoms. The van der Waals surface area contributed by atoms with E-state index in [0.29, 0.717) is 32.4 Å². The summed E-state index contributed by atoms with van der Waals surface area (Å²) in [5.74, 6) is -0.998. The number of halogens is 3. The smallest absolute Gasteiger partial charge is 0.185 e. The van der Waals surface area contributed by atoms with Crippen molar-refractivity contribution < 1.29 is 17.2 Å². The molecule has 30 heavy (non-hydrogen) atoms. The maximum atomic E-state index is 13.4. The molecule has 0 N–H and O–H groups in total. The van der Waals surface area contributed by atoms with Crippen LogP contribution in [-0.2, 0) is 16.3 Å². The molecule has 0 saturated carbocycles. The SMILES string of the molecule is O=S(=O)(c1cccc(F)c1)C1CCN(c2nc(Cc3ccc(F)c(Cl)c3)cs2)CC1. The van der Waals surface area contributed by atoms with Crippen LogP contribution in [0.1, 0.15) is 24.1 Å². The summed E-state index contributed by atoms with van der Waals surface area (Å²) in [6, 6.07) is 9.80. The fraction of sp³-hybridized carbons (Fsp3) is 0.286. The van der Waals surface area contributed by atoms with E-state index < -0.39 is 26.7 Å². The summed E-state index contributed by atoms with van der Waals surface area (Å²) in [4.78, 5) is 6.76. The normalized spacial score (nSPS) is 15.5. The van der Waals surface area contributed by atoms with E-state index in [1.165, 1.54) is 35.6 Å². The Morgan fingerprint density at radius 3 is 2.60 bits per heavy atom. The molecule has 4 rings (SSSR count). The van der Waals surface area contributed by atoms with Crippen LogP contribution >= 0.6 is 22.9 Å². The number of hydrogen-bond donors (Lipinski definition) is 0. The molecule has 1 fully saturated rings. The Balaban J connectivity index is 1.40. The fourth-order valence-electron chi connectivity index (χ4n) is 3.58. The molecule has 1 aliphatic heterocycles. The number of piperidine rings is 1. The molecule has 1 saturated heterocycles. The van der Waals surface area contributed by atoms with Crippen molar-refractivity contribution >= 4 is 37.9 Å². The molecule has 0 amide bonds. The second-order valence-corrected chi connectivity index (χ2v) is 10.7. The second-order valence-electron chi connectivity index (χ2n) is 7.24. The highest BCUT2D eigenvalue weighted by Crippen LogP contribution is 2.30. The first kappa shape index (κ1) is 21.2.